The summed E-state index contributed by atoms with van der Waals surface area (Å²) in [5.74, 6) is 0. The minimum absolute atomic E-state index is 1.13. The monoisotopic (exact) mass is 603 g/mol. The third kappa shape index (κ3) is 4.46. The number of benzene rings is 8. The molecule has 8 aromatic carbocycles. The SMILES string of the molecule is c1ccc(-c2ccc(N(c3ccc(-c4cccc5ccccc45)cc3)c3cccc4sc5c6ccccc6ccc5c34)cc2)cc1. The lowest BCUT2D eigenvalue weighted by Crippen LogP contribution is -2.10. The molecule has 0 aliphatic heterocycles. The van der Waals surface area contributed by atoms with Crippen LogP contribution in [-0.2, 0) is 0 Å². The number of thiophene rings is 1. The van der Waals surface area contributed by atoms with Crippen molar-refractivity contribution in [3.05, 3.63) is 176 Å². The summed E-state index contributed by atoms with van der Waals surface area (Å²) in [6.45, 7) is 0. The molecule has 9 rings (SSSR count). The number of hydrogen-bond acceptors (Lipinski definition) is 2. The van der Waals surface area contributed by atoms with E-state index in [4.69, 9.17) is 0 Å². The predicted molar refractivity (Wildman–Crippen MR) is 200 cm³/mol. The van der Waals surface area contributed by atoms with Crippen LogP contribution in [0.2, 0.25) is 0 Å². The lowest BCUT2D eigenvalue weighted by atomic mass is 9.98. The van der Waals surface area contributed by atoms with Gasteiger partial charge in [-0.15, -0.1) is 11.3 Å². The first-order valence-electron chi connectivity index (χ1n) is 15.7. The fourth-order valence-corrected chi connectivity index (χ4v) is 8.11. The molecule has 0 saturated heterocycles. The molecule has 0 spiro atoms. The van der Waals surface area contributed by atoms with Crippen LogP contribution in [0.15, 0.2) is 176 Å². The first-order valence-corrected chi connectivity index (χ1v) is 16.5. The van der Waals surface area contributed by atoms with Gasteiger partial charge in [-0.1, -0.05) is 140 Å². The van der Waals surface area contributed by atoms with Crippen molar-refractivity contribution < 1.29 is 0 Å². The van der Waals surface area contributed by atoms with Crippen molar-refractivity contribution in [1.82, 2.24) is 0 Å². The van der Waals surface area contributed by atoms with Gasteiger partial charge in [-0.3, -0.25) is 0 Å². The summed E-state index contributed by atoms with van der Waals surface area (Å²) < 4.78 is 2.63. The highest BCUT2D eigenvalue weighted by atomic mass is 32.1. The summed E-state index contributed by atoms with van der Waals surface area (Å²) in [5.41, 5.74) is 8.34. The highest BCUT2D eigenvalue weighted by Gasteiger charge is 2.19. The van der Waals surface area contributed by atoms with Gasteiger partial charge < -0.3 is 4.90 Å². The quantitative estimate of drug-likeness (QED) is 0.189. The Morgan fingerprint density at radius 3 is 1.72 bits per heavy atom. The highest BCUT2D eigenvalue weighted by Crippen LogP contribution is 2.47. The Morgan fingerprint density at radius 1 is 0.370 bits per heavy atom. The van der Waals surface area contributed by atoms with Crippen LogP contribution >= 0.6 is 11.3 Å². The Balaban J connectivity index is 1.24. The normalized spacial score (nSPS) is 11.5. The van der Waals surface area contributed by atoms with Gasteiger partial charge in [-0.25, -0.2) is 0 Å². The molecule has 1 aromatic heterocycles. The van der Waals surface area contributed by atoms with Gasteiger partial charge in [0.15, 0.2) is 0 Å². The summed E-state index contributed by atoms with van der Waals surface area (Å²) in [5, 5.41) is 7.71. The molecule has 0 aliphatic carbocycles. The van der Waals surface area contributed by atoms with Gasteiger partial charge in [0.05, 0.1) is 5.69 Å². The maximum absolute atomic E-state index is 2.42. The fraction of sp³-hybridized carbons (Fsp3) is 0. The average molecular weight is 604 g/mol. The van der Waals surface area contributed by atoms with Crippen LogP contribution in [0.3, 0.4) is 0 Å². The fourth-order valence-electron chi connectivity index (χ4n) is 6.85. The van der Waals surface area contributed by atoms with Gasteiger partial charge in [0.25, 0.3) is 0 Å². The van der Waals surface area contributed by atoms with Gasteiger partial charge >= 0.3 is 0 Å². The molecule has 0 fully saturated rings. The lowest BCUT2D eigenvalue weighted by Gasteiger charge is -2.27. The van der Waals surface area contributed by atoms with Crippen molar-refractivity contribution in [2.75, 3.05) is 4.90 Å². The minimum atomic E-state index is 1.13. The molecular formula is C44H29NS. The maximum Gasteiger partial charge on any atom is 0.0554 e. The van der Waals surface area contributed by atoms with Crippen LogP contribution in [0.4, 0.5) is 17.1 Å². The smallest absolute Gasteiger partial charge is 0.0554 e. The van der Waals surface area contributed by atoms with E-state index in [1.54, 1.807) is 0 Å². The molecule has 216 valence electrons. The van der Waals surface area contributed by atoms with Crippen LogP contribution in [0.5, 0.6) is 0 Å². The third-order valence-corrected chi connectivity index (χ3v) is 10.3. The van der Waals surface area contributed by atoms with Crippen molar-refractivity contribution in [2.45, 2.75) is 0 Å². The molecule has 46 heavy (non-hydrogen) atoms. The molecule has 0 saturated carbocycles. The molecule has 1 nitrogen and oxygen atoms in total. The van der Waals surface area contributed by atoms with E-state index in [0.717, 1.165) is 11.4 Å². The first kappa shape index (κ1) is 26.7. The minimum Gasteiger partial charge on any atom is -0.310 e. The van der Waals surface area contributed by atoms with Crippen LogP contribution in [0, 0.1) is 0 Å². The van der Waals surface area contributed by atoms with Gasteiger partial charge in [-0.2, -0.15) is 0 Å². The number of anilines is 3. The summed E-state index contributed by atoms with van der Waals surface area (Å²) in [6.07, 6.45) is 0. The second-order valence-corrected chi connectivity index (χ2v) is 12.8. The van der Waals surface area contributed by atoms with Gasteiger partial charge in [0, 0.05) is 31.5 Å². The van der Waals surface area contributed by atoms with Crippen molar-refractivity contribution in [3.63, 3.8) is 0 Å². The van der Waals surface area contributed by atoms with Crippen molar-refractivity contribution in [2.24, 2.45) is 0 Å². The van der Waals surface area contributed by atoms with Gasteiger partial charge in [0.2, 0.25) is 0 Å². The summed E-state index contributed by atoms with van der Waals surface area (Å²) in [7, 11) is 0. The number of nitrogens with zero attached hydrogens (tertiary/aromatic N) is 1. The molecule has 0 amide bonds. The Morgan fingerprint density at radius 2 is 0.957 bits per heavy atom. The molecule has 0 aliphatic rings. The highest BCUT2D eigenvalue weighted by molar-refractivity contribution is 7.26. The molecule has 9 aromatic rings. The average Bonchev–Trinajstić information content (AvgIpc) is 3.53. The van der Waals surface area contributed by atoms with E-state index in [-0.39, 0.29) is 0 Å². The van der Waals surface area contributed by atoms with Crippen LogP contribution < -0.4 is 4.90 Å². The molecule has 0 atom stereocenters. The zero-order valence-electron chi connectivity index (χ0n) is 25.1. The molecule has 0 radical (unpaired) electrons. The van der Waals surface area contributed by atoms with Crippen LogP contribution in [0.25, 0.3) is 64.0 Å². The standard InChI is InChI=1S/C44H29NS/c1-2-10-30(11-3-1)31-20-25-35(26-21-31)45(36-27-22-34(23-28-36)38-17-8-14-32-12-4-6-15-37(32)38)41-18-9-19-42-43(41)40-29-24-33-13-5-7-16-39(33)44(40)46-42/h1-29H. The van der Waals surface area contributed by atoms with E-state index in [9.17, 15) is 0 Å². The maximum atomic E-state index is 2.42. The van der Waals surface area contributed by atoms with Crippen molar-refractivity contribution in [3.8, 4) is 22.3 Å². The second-order valence-electron chi connectivity index (χ2n) is 11.7. The first-order chi connectivity index (χ1) is 22.8. The Kier molecular flexibility index (Phi) is 6.40. The Hall–Kier alpha value is -5.70. The Labute approximate surface area is 272 Å². The van der Waals surface area contributed by atoms with Gasteiger partial charge in [0.1, 0.15) is 0 Å². The van der Waals surface area contributed by atoms with Gasteiger partial charge in [-0.05, 0) is 80.2 Å². The molecule has 0 bridgehead atoms. The van der Waals surface area contributed by atoms with E-state index < -0.39 is 0 Å². The summed E-state index contributed by atoms with van der Waals surface area (Å²) >= 11 is 1.89. The zero-order valence-corrected chi connectivity index (χ0v) is 25.9. The predicted octanol–water partition coefficient (Wildman–Crippen LogP) is 13.2. The van der Waals surface area contributed by atoms with Crippen molar-refractivity contribution >= 4 is 70.1 Å². The van der Waals surface area contributed by atoms with E-state index in [0.29, 0.717) is 0 Å². The van der Waals surface area contributed by atoms with E-state index >= 15 is 0 Å². The Bertz CT molecular complexity index is 2500. The second kappa shape index (κ2) is 11.0. The van der Waals surface area contributed by atoms with Crippen molar-refractivity contribution in [1.29, 1.82) is 0 Å². The number of rotatable bonds is 5. The molecule has 0 unspecified atom stereocenters. The lowest BCUT2D eigenvalue weighted by molar-refractivity contribution is 1.30. The topological polar surface area (TPSA) is 3.24 Å². The zero-order chi connectivity index (χ0) is 30.5. The van der Waals surface area contributed by atoms with Crippen LogP contribution in [-0.4, -0.2) is 0 Å². The summed E-state index contributed by atoms with van der Waals surface area (Å²) in [6, 6.07) is 63.8. The van der Waals surface area contributed by atoms with E-state index in [1.165, 1.54) is 69.7 Å². The van der Waals surface area contributed by atoms with E-state index in [1.807, 2.05) is 11.3 Å². The molecule has 0 N–H and O–H groups in total. The summed E-state index contributed by atoms with van der Waals surface area (Å²) in [4.78, 5) is 2.42. The number of hydrogen-bond donors (Lipinski definition) is 0. The largest absolute Gasteiger partial charge is 0.310 e. The number of fused-ring (bicyclic) bond motifs is 6. The van der Waals surface area contributed by atoms with E-state index in [2.05, 4.69) is 181 Å². The molecule has 2 heteroatoms. The molecule has 1 heterocycles. The molecular weight excluding hydrogens is 575 g/mol. The van der Waals surface area contributed by atoms with Crippen LogP contribution in [0.1, 0.15) is 0 Å². The third-order valence-electron chi connectivity index (χ3n) is 9.06.